The molecule has 22 heavy (non-hydrogen) atoms. The van der Waals surface area contributed by atoms with Crippen molar-refractivity contribution in [2.75, 3.05) is 11.1 Å². The molecule has 0 fully saturated rings. The van der Waals surface area contributed by atoms with E-state index in [2.05, 4.69) is 15.3 Å². The maximum absolute atomic E-state index is 13.1. The highest BCUT2D eigenvalue weighted by atomic mass is 19.1. The van der Waals surface area contributed by atoms with Crippen LogP contribution in [0.15, 0.2) is 53.3 Å². The number of hydrogen-bond donors (Lipinski definition) is 2. The molecule has 0 bridgehead atoms. The summed E-state index contributed by atoms with van der Waals surface area (Å²) in [5, 5.41) is 2.54. The number of aromatic nitrogens is 2. The van der Waals surface area contributed by atoms with Gasteiger partial charge in [-0.25, -0.2) is 14.4 Å². The van der Waals surface area contributed by atoms with E-state index in [0.717, 1.165) is 0 Å². The molecule has 0 unspecified atom stereocenters. The van der Waals surface area contributed by atoms with E-state index in [4.69, 9.17) is 10.2 Å². The Morgan fingerprint density at radius 1 is 1.27 bits per heavy atom. The number of nitrogens with two attached hydrogens (primary N) is 1. The van der Waals surface area contributed by atoms with Crippen molar-refractivity contribution >= 4 is 17.4 Å². The summed E-state index contributed by atoms with van der Waals surface area (Å²) in [4.78, 5) is 20.0. The second-order valence-corrected chi connectivity index (χ2v) is 4.47. The number of benzene rings is 1. The Morgan fingerprint density at radius 2 is 2.14 bits per heavy atom. The molecule has 0 saturated heterocycles. The van der Waals surface area contributed by atoms with E-state index < -0.39 is 11.7 Å². The number of nitrogens with one attached hydrogen (secondary N) is 1. The zero-order chi connectivity index (χ0) is 15.5. The van der Waals surface area contributed by atoms with Gasteiger partial charge in [0.1, 0.15) is 17.9 Å². The molecule has 7 heteroatoms. The van der Waals surface area contributed by atoms with Gasteiger partial charge in [0, 0.05) is 11.9 Å². The SMILES string of the molecule is Nc1ccc(-c2nc(C(=O)Nc3cccc(F)c3)co2)cn1. The van der Waals surface area contributed by atoms with Crippen LogP contribution in [0, 0.1) is 5.82 Å². The lowest BCUT2D eigenvalue weighted by atomic mass is 10.3. The smallest absolute Gasteiger partial charge is 0.277 e. The fourth-order valence-electron chi connectivity index (χ4n) is 1.80. The lowest BCUT2D eigenvalue weighted by molar-refractivity contribution is 0.102. The van der Waals surface area contributed by atoms with E-state index in [9.17, 15) is 9.18 Å². The molecule has 0 aliphatic rings. The first kappa shape index (κ1) is 13.7. The standard InChI is InChI=1S/C15H11FN4O2/c16-10-2-1-3-11(6-10)19-14(21)12-8-22-15(20-12)9-4-5-13(17)18-7-9/h1-8H,(H2,17,18)(H,19,21). The summed E-state index contributed by atoms with van der Waals surface area (Å²) in [6, 6.07) is 8.86. The first-order valence-corrected chi connectivity index (χ1v) is 6.36. The van der Waals surface area contributed by atoms with Crippen LogP contribution in [-0.2, 0) is 0 Å². The van der Waals surface area contributed by atoms with Crippen LogP contribution in [-0.4, -0.2) is 15.9 Å². The summed E-state index contributed by atoms with van der Waals surface area (Å²) in [5.41, 5.74) is 6.51. The summed E-state index contributed by atoms with van der Waals surface area (Å²) in [6.07, 6.45) is 2.72. The first-order chi connectivity index (χ1) is 10.6. The Morgan fingerprint density at radius 3 is 2.86 bits per heavy atom. The summed E-state index contributed by atoms with van der Waals surface area (Å²) in [5.74, 6) is -0.313. The maximum Gasteiger partial charge on any atom is 0.277 e. The first-order valence-electron chi connectivity index (χ1n) is 6.36. The number of anilines is 2. The van der Waals surface area contributed by atoms with Gasteiger partial charge < -0.3 is 15.5 Å². The molecule has 6 nitrogen and oxygen atoms in total. The van der Waals surface area contributed by atoms with E-state index in [1.807, 2.05) is 0 Å². The molecule has 2 heterocycles. The van der Waals surface area contributed by atoms with Crippen LogP contribution in [0.4, 0.5) is 15.9 Å². The number of hydrogen-bond acceptors (Lipinski definition) is 5. The number of carbonyl (C=O) groups is 1. The van der Waals surface area contributed by atoms with Gasteiger partial charge >= 0.3 is 0 Å². The van der Waals surface area contributed by atoms with Crippen LogP contribution in [0.3, 0.4) is 0 Å². The highest BCUT2D eigenvalue weighted by Gasteiger charge is 2.14. The van der Waals surface area contributed by atoms with E-state index in [0.29, 0.717) is 17.1 Å². The number of amides is 1. The molecule has 0 saturated carbocycles. The third kappa shape index (κ3) is 2.93. The molecule has 0 atom stereocenters. The van der Waals surface area contributed by atoms with Crippen LogP contribution in [0.2, 0.25) is 0 Å². The van der Waals surface area contributed by atoms with Crippen molar-refractivity contribution in [3.05, 3.63) is 60.4 Å². The average molecular weight is 298 g/mol. The van der Waals surface area contributed by atoms with Crippen molar-refractivity contribution in [3.8, 4) is 11.5 Å². The minimum Gasteiger partial charge on any atom is -0.444 e. The predicted octanol–water partition coefficient (Wildman–Crippen LogP) is 2.71. The van der Waals surface area contributed by atoms with Crippen LogP contribution in [0.1, 0.15) is 10.5 Å². The Kier molecular flexibility index (Phi) is 3.53. The van der Waals surface area contributed by atoms with Crippen molar-refractivity contribution in [1.82, 2.24) is 9.97 Å². The zero-order valence-corrected chi connectivity index (χ0v) is 11.3. The normalized spacial score (nSPS) is 10.4. The number of pyridine rings is 1. The Bertz CT molecular complexity index is 814. The third-order valence-corrected chi connectivity index (χ3v) is 2.85. The second kappa shape index (κ2) is 5.65. The molecular weight excluding hydrogens is 287 g/mol. The molecule has 0 spiro atoms. The van der Waals surface area contributed by atoms with E-state index in [1.54, 1.807) is 18.2 Å². The maximum atomic E-state index is 13.1. The largest absolute Gasteiger partial charge is 0.444 e. The topological polar surface area (TPSA) is 94.0 Å². The minimum absolute atomic E-state index is 0.0797. The molecule has 1 amide bonds. The molecule has 2 aromatic heterocycles. The fraction of sp³-hybridized carbons (Fsp3) is 0. The van der Waals surface area contributed by atoms with Gasteiger partial charge in [0.15, 0.2) is 5.69 Å². The highest BCUT2D eigenvalue weighted by Crippen LogP contribution is 2.19. The van der Waals surface area contributed by atoms with Gasteiger partial charge in [-0.1, -0.05) is 6.07 Å². The highest BCUT2D eigenvalue weighted by molar-refractivity contribution is 6.02. The van der Waals surface area contributed by atoms with Gasteiger partial charge in [-0.05, 0) is 30.3 Å². The van der Waals surface area contributed by atoms with Crippen molar-refractivity contribution in [3.63, 3.8) is 0 Å². The molecule has 0 aliphatic heterocycles. The number of halogens is 1. The van der Waals surface area contributed by atoms with E-state index in [-0.39, 0.29) is 11.6 Å². The molecule has 110 valence electrons. The van der Waals surface area contributed by atoms with Crippen molar-refractivity contribution in [2.45, 2.75) is 0 Å². The molecular formula is C15H11FN4O2. The van der Waals surface area contributed by atoms with Crippen molar-refractivity contribution in [1.29, 1.82) is 0 Å². The number of rotatable bonds is 3. The zero-order valence-electron chi connectivity index (χ0n) is 11.3. The average Bonchev–Trinajstić information content (AvgIpc) is 2.98. The van der Waals surface area contributed by atoms with E-state index >= 15 is 0 Å². The predicted molar refractivity (Wildman–Crippen MR) is 78.5 cm³/mol. The van der Waals surface area contributed by atoms with E-state index in [1.165, 1.54) is 30.7 Å². The van der Waals surface area contributed by atoms with Gasteiger partial charge in [-0.2, -0.15) is 0 Å². The van der Waals surface area contributed by atoms with Crippen LogP contribution in [0.5, 0.6) is 0 Å². The van der Waals surface area contributed by atoms with Crippen LogP contribution >= 0.6 is 0 Å². The number of carbonyl (C=O) groups excluding carboxylic acids is 1. The van der Waals surface area contributed by atoms with Crippen molar-refractivity contribution < 1.29 is 13.6 Å². The molecule has 3 aromatic rings. The van der Waals surface area contributed by atoms with Crippen LogP contribution in [0.25, 0.3) is 11.5 Å². The van der Waals surface area contributed by atoms with Gasteiger partial charge in [-0.3, -0.25) is 4.79 Å². The monoisotopic (exact) mass is 298 g/mol. The summed E-state index contributed by atoms with van der Waals surface area (Å²) in [6.45, 7) is 0. The quantitative estimate of drug-likeness (QED) is 0.775. The summed E-state index contributed by atoms with van der Waals surface area (Å²) in [7, 11) is 0. The van der Waals surface area contributed by atoms with Gasteiger partial charge in [0.2, 0.25) is 5.89 Å². The molecule has 1 aromatic carbocycles. The second-order valence-electron chi connectivity index (χ2n) is 4.47. The number of oxazole rings is 1. The summed E-state index contributed by atoms with van der Waals surface area (Å²) < 4.78 is 18.3. The Hall–Kier alpha value is -3.22. The number of nitrogens with zero attached hydrogens (tertiary/aromatic N) is 2. The molecule has 3 rings (SSSR count). The number of nitrogen functional groups attached to an aromatic ring is 1. The Labute approximate surface area is 124 Å². The molecule has 3 N–H and O–H groups in total. The molecule has 0 aliphatic carbocycles. The van der Waals surface area contributed by atoms with Gasteiger partial charge in [0.25, 0.3) is 5.91 Å². The summed E-state index contributed by atoms with van der Waals surface area (Å²) >= 11 is 0. The minimum atomic E-state index is -0.496. The lowest BCUT2D eigenvalue weighted by Gasteiger charge is -2.02. The lowest BCUT2D eigenvalue weighted by Crippen LogP contribution is -2.12. The van der Waals surface area contributed by atoms with Gasteiger partial charge in [0.05, 0.1) is 5.56 Å². The Balaban J connectivity index is 1.78. The van der Waals surface area contributed by atoms with Crippen molar-refractivity contribution in [2.24, 2.45) is 0 Å². The third-order valence-electron chi connectivity index (χ3n) is 2.85. The molecule has 0 radical (unpaired) electrons. The van der Waals surface area contributed by atoms with Crippen LogP contribution < -0.4 is 11.1 Å². The fourth-order valence-corrected chi connectivity index (χ4v) is 1.80. The van der Waals surface area contributed by atoms with Gasteiger partial charge in [-0.15, -0.1) is 0 Å².